The van der Waals surface area contributed by atoms with Crippen LogP contribution in [-0.4, -0.2) is 38.8 Å². The first-order valence-electron chi connectivity index (χ1n) is 8.81. The third kappa shape index (κ3) is 5.16. The molecule has 0 aromatic heterocycles. The molecule has 0 aliphatic carbocycles. The summed E-state index contributed by atoms with van der Waals surface area (Å²) in [4.78, 5) is 12.7. The van der Waals surface area contributed by atoms with Crippen LogP contribution < -0.4 is 10.1 Å². The number of piperidine rings is 1. The molecule has 1 fully saturated rings. The minimum atomic E-state index is -3.88. The van der Waals surface area contributed by atoms with Crippen molar-refractivity contribution in [2.75, 3.05) is 25.5 Å². The molecular formula is C19H19Cl3N2O4S. The molecule has 1 heterocycles. The molecule has 3 rings (SSSR count). The Kier molecular flexibility index (Phi) is 6.96. The SMILES string of the molecule is COc1ccc(Cl)cc1S(=O)(=O)N1CCC[C@H](C(=O)Nc2cc(Cl)cc(Cl)c2)C1. The van der Waals surface area contributed by atoms with Crippen molar-refractivity contribution in [3.63, 3.8) is 0 Å². The molecule has 29 heavy (non-hydrogen) atoms. The Morgan fingerprint density at radius 2 is 1.79 bits per heavy atom. The summed E-state index contributed by atoms with van der Waals surface area (Å²) in [6.07, 6.45) is 1.12. The Bertz CT molecular complexity index is 1010. The number of sulfonamides is 1. The summed E-state index contributed by atoms with van der Waals surface area (Å²) in [5.74, 6) is -0.600. The number of anilines is 1. The van der Waals surface area contributed by atoms with Gasteiger partial charge in [-0.15, -0.1) is 0 Å². The fourth-order valence-electron chi connectivity index (χ4n) is 3.24. The average molecular weight is 478 g/mol. The molecule has 0 radical (unpaired) electrons. The maximum atomic E-state index is 13.2. The van der Waals surface area contributed by atoms with E-state index in [9.17, 15) is 13.2 Å². The van der Waals surface area contributed by atoms with Crippen LogP contribution in [-0.2, 0) is 14.8 Å². The number of ether oxygens (including phenoxy) is 1. The summed E-state index contributed by atoms with van der Waals surface area (Å²) in [5.41, 5.74) is 0.462. The van der Waals surface area contributed by atoms with Gasteiger partial charge >= 0.3 is 0 Å². The number of carbonyl (C=O) groups is 1. The maximum Gasteiger partial charge on any atom is 0.246 e. The highest BCUT2D eigenvalue weighted by Crippen LogP contribution is 2.32. The molecule has 1 atom stereocenters. The molecule has 0 saturated carbocycles. The zero-order valence-electron chi connectivity index (χ0n) is 15.5. The number of nitrogens with zero attached hydrogens (tertiary/aromatic N) is 1. The quantitative estimate of drug-likeness (QED) is 0.677. The highest BCUT2D eigenvalue weighted by atomic mass is 35.5. The second kappa shape index (κ2) is 9.10. The molecule has 156 valence electrons. The van der Waals surface area contributed by atoms with E-state index >= 15 is 0 Å². The van der Waals surface area contributed by atoms with Crippen LogP contribution in [0.2, 0.25) is 15.1 Å². The van der Waals surface area contributed by atoms with E-state index in [-0.39, 0.29) is 28.1 Å². The van der Waals surface area contributed by atoms with Gasteiger partial charge in [0.05, 0.1) is 13.0 Å². The normalized spacial score (nSPS) is 17.7. The molecule has 6 nitrogen and oxygen atoms in total. The highest BCUT2D eigenvalue weighted by molar-refractivity contribution is 7.89. The Balaban J connectivity index is 1.79. The fraction of sp³-hybridized carbons (Fsp3) is 0.316. The fourth-order valence-corrected chi connectivity index (χ4v) is 5.70. The van der Waals surface area contributed by atoms with E-state index in [1.54, 1.807) is 24.3 Å². The molecule has 1 N–H and O–H groups in total. The molecule has 1 saturated heterocycles. The van der Waals surface area contributed by atoms with Crippen molar-refractivity contribution in [3.8, 4) is 5.75 Å². The summed E-state index contributed by atoms with van der Waals surface area (Å²) in [5, 5.41) is 3.84. The van der Waals surface area contributed by atoms with E-state index < -0.39 is 15.9 Å². The van der Waals surface area contributed by atoms with Crippen LogP contribution in [0.4, 0.5) is 5.69 Å². The molecule has 2 aromatic rings. The Morgan fingerprint density at radius 3 is 2.45 bits per heavy atom. The Morgan fingerprint density at radius 1 is 1.10 bits per heavy atom. The number of rotatable bonds is 5. The minimum absolute atomic E-state index is 0.0184. The lowest BCUT2D eigenvalue weighted by Crippen LogP contribution is -2.43. The second-order valence-electron chi connectivity index (χ2n) is 6.64. The average Bonchev–Trinajstić information content (AvgIpc) is 2.67. The topological polar surface area (TPSA) is 75.7 Å². The van der Waals surface area contributed by atoms with Crippen molar-refractivity contribution in [2.24, 2.45) is 5.92 Å². The molecule has 1 amide bonds. The van der Waals surface area contributed by atoms with Gasteiger partial charge in [-0.3, -0.25) is 4.79 Å². The molecule has 0 spiro atoms. The number of nitrogens with one attached hydrogen (secondary N) is 1. The van der Waals surface area contributed by atoms with Crippen molar-refractivity contribution >= 4 is 56.4 Å². The number of methoxy groups -OCH3 is 1. The molecule has 1 aliphatic heterocycles. The monoisotopic (exact) mass is 476 g/mol. The Hall–Kier alpha value is -1.51. The molecule has 0 bridgehead atoms. The molecule has 1 aliphatic rings. The first kappa shape index (κ1) is 22.2. The van der Waals surface area contributed by atoms with Crippen molar-refractivity contribution in [3.05, 3.63) is 51.5 Å². The van der Waals surface area contributed by atoms with Gasteiger partial charge in [-0.05, 0) is 49.2 Å². The van der Waals surface area contributed by atoms with Crippen LogP contribution in [0.5, 0.6) is 5.75 Å². The minimum Gasteiger partial charge on any atom is -0.495 e. The number of hydrogen-bond acceptors (Lipinski definition) is 4. The molecular weight excluding hydrogens is 459 g/mol. The number of benzene rings is 2. The van der Waals surface area contributed by atoms with E-state index in [1.807, 2.05) is 0 Å². The van der Waals surface area contributed by atoms with Crippen LogP contribution in [0.3, 0.4) is 0 Å². The first-order chi connectivity index (χ1) is 13.7. The second-order valence-corrected chi connectivity index (χ2v) is 9.86. The lowest BCUT2D eigenvalue weighted by atomic mass is 9.99. The van der Waals surface area contributed by atoms with E-state index in [4.69, 9.17) is 39.5 Å². The van der Waals surface area contributed by atoms with Crippen molar-refractivity contribution in [1.29, 1.82) is 0 Å². The summed E-state index contributed by atoms with van der Waals surface area (Å²) in [7, 11) is -2.48. The van der Waals surface area contributed by atoms with Gasteiger partial charge in [0, 0.05) is 33.8 Å². The van der Waals surface area contributed by atoms with E-state index in [0.29, 0.717) is 35.1 Å². The van der Waals surface area contributed by atoms with Gasteiger partial charge in [0.15, 0.2) is 0 Å². The summed E-state index contributed by atoms with van der Waals surface area (Å²) in [6.45, 7) is 0.364. The van der Waals surface area contributed by atoms with Crippen LogP contribution in [0.25, 0.3) is 0 Å². The van der Waals surface area contributed by atoms with Crippen LogP contribution in [0.15, 0.2) is 41.3 Å². The third-order valence-corrected chi connectivity index (χ3v) is 7.19. The van der Waals surface area contributed by atoms with Crippen molar-refractivity contribution in [1.82, 2.24) is 4.31 Å². The molecule has 0 unspecified atom stereocenters. The number of amides is 1. The van der Waals surface area contributed by atoms with Crippen LogP contribution in [0, 0.1) is 5.92 Å². The highest BCUT2D eigenvalue weighted by Gasteiger charge is 2.35. The van der Waals surface area contributed by atoms with E-state index in [0.717, 1.165) is 0 Å². The van der Waals surface area contributed by atoms with Gasteiger partial charge in [0.25, 0.3) is 0 Å². The van der Waals surface area contributed by atoms with Crippen LogP contribution >= 0.6 is 34.8 Å². The standard InChI is InChI=1S/C19H19Cl3N2O4S/c1-28-17-5-4-13(20)10-18(17)29(26,27)24-6-2-3-12(11-24)19(25)23-16-8-14(21)7-15(22)9-16/h4-5,7-10,12H,2-3,6,11H2,1H3,(H,23,25)/t12-/m0/s1. The molecule has 10 heteroatoms. The number of halogens is 3. The first-order valence-corrected chi connectivity index (χ1v) is 11.4. The van der Waals surface area contributed by atoms with E-state index in [1.165, 1.54) is 23.5 Å². The number of hydrogen-bond donors (Lipinski definition) is 1. The lowest BCUT2D eigenvalue weighted by molar-refractivity contribution is -0.120. The van der Waals surface area contributed by atoms with Crippen molar-refractivity contribution in [2.45, 2.75) is 17.7 Å². The van der Waals surface area contributed by atoms with Crippen molar-refractivity contribution < 1.29 is 17.9 Å². The van der Waals surface area contributed by atoms with Gasteiger partial charge in [0.2, 0.25) is 15.9 Å². The zero-order valence-corrected chi connectivity index (χ0v) is 18.6. The predicted molar refractivity (Wildman–Crippen MR) is 115 cm³/mol. The Labute approximate surface area is 184 Å². The van der Waals surface area contributed by atoms with E-state index in [2.05, 4.69) is 5.32 Å². The van der Waals surface area contributed by atoms with Gasteiger partial charge in [0.1, 0.15) is 10.6 Å². The lowest BCUT2D eigenvalue weighted by Gasteiger charge is -2.31. The van der Waals surface area contributed by atoms with Gasteiger partial charge in [-0.25, -0.2) is 8.42 Å². The number of carbonyl (C=O) groups excluding carboxylic acids is 1. The zero-order chi connectivity index (χ0) is 21.2. The smallest absolute Gasteiger partial charge is 0.246 e. The van der Waals surface area contributed by atoms with Gasteiger partial charge in [-0.1, -0.05) is 34.8 Å². The summed E-state index contributed by atoms with van der Waals surface area (Å²) >= 11 is 17.9. The van der Waals surface area contributed by atoms with Crippen LogP contribution in [0.1, 0.15) is 12.8 Å². The largest absolute Gasteiger partial charge is 0.495 e. The third-order valence-electron chi connectivity index (χ3n) is 4.63. The summed E-state index contributed by atoms with van der Waals surface area (Å²) in [6, 6.07) is 9.15. The van der Waals surface area contributed by atoms with Gasteiger partial charge < -0.3 is 10.1 Å². The summed E-state index contributed by atoms with van der Waals surface area (Å²) < 4.78 is 32.8. The predicted octanol–water partition coefficient (Wildman–Crippen LogP) is 4.69. The maximum absolute atomic E-state index is 13.2. The van der Waals surface area contributed by atoms with Gasteiger partial charge in [-0.2, -0.15) is 4.31 Å². The molecule has 2 aromatic carbocycles.